The maximum Gasteiger partial charge on any atom is 0.337 e. The zero-order valence-electron chi connectivity index (χ0n) is 13.0. The predicted molar refractivity (Wildman–Crippen MR) is 88.0 cm³/mol. The Kier molecular flexibility index (Phi) is 4.28. The molecule has 0 fully saturated rings. The number of benzene rings is 2. The molecule has 6 heteroatoms. The number of aryl methyl sites for hydroxylation is 1. The molecule has 2 aromatic rings. The highest BCUT2D eigenvalue weighted by Crippen LogP contribution is 2.32. The Hall–Kier alpha value is -2.40. The van der Waals surface area contributed by atoms with E-state index in [1.165, 1.54) is 12.1 Å². The van der Waals surface area contributed by atoms with Gasteiger partial charge in [0.25, 0.3) is 5.91 Å². The third-order valence-electron chi connectivity index (χ3n) is 4.19. The van der Waals surface area contributed by atoms with Gasteiger partial charge < -0.3 is 10.0 Å². The lowest BCUT2D eigenvalue weighted by Crippen LogP contribution is -2.37. The van der Waals surface area contributed by atoms with Crippen molar-refractivity contribution in [3.05, 3.63) is 69.0 Å². The summed E-state index contributed by atoms with van der Waals surface area (Å²) < 4.78 is 13.3. The molecule has 0 atom stereocenters. The number of aromatic carboxylic acids is 1. The van der Waals surface area contributed by atoms with Gasteiger partial charge in [0.15, 0.2) is 0 Å². The van der Waals surface area contributed by atoms with Crippen molar-refractivity contribution in [2.24, 2.45) is 0 Å². The Morgan fingerprint density at radius 3 is 2.79 bits per heavy atom. The first kappa shape index (κ1) is 16.5. The zero-order chi connectivity index (χ0) is 17.4. The van der Waals surface area contributed by atoms with Crippen LogP contribution in [0.4, 0.5) is 4.39 Å². The van der Waals surface area contributed by atoms with Gasteiger partial charge in [0.1, 0.15) is 5.82 Å². The topological polar surface area (TPSA) is 57.6 Å². The van der Waals surface area contributed by atoms with E-state index in [2.05, 4.69) is 0 Å². The maximum atomic E-state index is 13.3. The van der Waals surface area contributed by atoms with Crippen LogP contribution in [0.3, 0.4) is 0 Å². The van der Waals surface area contributed by atoms with E-state index in [9.17, 15) is 19.1 Å². The van der Waals surface area contributed by atoms with Crippen molar-refractivity contribution in [2.75, 3.05) is 6.54 Å². The van der Waals surface area contributed by atoms with E-state index < -0.39 is 5.97 Å². The highest BCUT2D eigenvalue weighted by molar-refractivity contribution is 6.35. The third kappa shape index (κ3) is 2.87. The lowest BCUT2D eigenvalue weighted by molar-refractivity contribution is 0.0689. The summed E-state index contributed by atoms with van der Waals surface area (Å²) in [5.74, 6) is -1.67. The molecule has 0 radical (unpaired) electrons. The van der Waals surface area contributed by atoms with Gasteiger partial charge in [-0.2, -0.15) is 0 Å². The lowest BCUT2D eigenvalue weighted by Gasteiger charge is -2.30. The van der Waals surface area contributed by atoms with E-state index >= 15 is 0 Å². The first-order chi connectivity index (χ1) is 11.4. The molecule has 124 valence electrons. The predicted octanol–water partition coefficient (Wildman–Crippen LogP) is 3.68. The molecule has 0 aliphatic carbocycles. The number of carboxylic acids is 1. The Bertz CT molecular complexity index is 850. The van der Waals surface area contributed by atoms with Gasteiger partial charge in [-0.3, -0.25) is 4.79 Å². The van der Waals surface area contributed by atoms with Gasteiger partial charge in [-0.1, -0.05) is 23.7 Å². The Labute approximate surface area is 143 Å². The molecular formula is C18H15ClFNO3. The van der Waals surface area contributed by atoms with Crippen molar-refractivity contribution < 1.29 is 19.1 Å². The van der Waals surface area contributed by atoms with Crippen LogP contribution in [0.2, 0.25) is 5.02 Å². The second-order valence-corrected chi connectivity index (χ2v) is 6.20. The minimum Gasteiger partial charge on any atom is -0.478 e. The van der Waals surface area contributed by atoms with Crippen LogP contribution in [0, 0.1) is 12.7 Å². The van der Waals surface area contributed by atoms with Crippen LogP contribution in [-0.4, -0.2) is 28.4 Å². The van der Waals surface area contributed by atoms with Crippen LogP contribution in [0.5, 0.6) is 0 Å². The number of carboxylic acid groups (broad SMARTS) is 1. The van der Waals surface area contributed by atoms with Crippen molar-refractivity contribution in [1.82, 2.24) is 4.90 Å². The summed E-state index contributed by atoms with van der Waals surface area (Å²) in [7, 11) is 0. The van der Waals surface area contributed by atoms with E-state index in [0.29, 0.717) is 41.8 Å². The van der Waals surface area contributed by atoms with Gasteiger partial charge in [-0.15, -0.1) is 0 Å². The van der Waals surface area contributed by atoms with E-state index in [1.54, 1.807) is 30.0 Å². The Morgan fingerprint density at radius 1 is 1.38 bits per heavy atom. The first-order valence-electron chi connectivity index (χ1n) is 7.47. The summed E-state index contributed by atoms with van der Waals surface area (Å²) in [5, 5.41) is 9.41. The van der Waals surface area contributed by atoms with Crippen LogP contribution in [0.1, 0.15) is 37.4 Å². The van der Waals surface area contributed by atoms with Crippen LogP contribution >= 0.6 is 11.6 Å². The molecule has 1 amide bonds. The third-order valence-corrected chi connectivity index (χ3v) is 4.61. The van der Waals surface area contributed by atoms with Gasteiger partial charge in [-0.25, -0.2) is 9.18 Å². The molecule has 1 aliphatic rings. The molecule has 1 N–H and O–H groups in total. The summed E-state index contributed by atoms with van der Waals surface area (Å²) in [5.41, 5.74) is 2.19. The number of hydrogen-bond acceptors (Lipinski definition) is 2. The van der Waals surface area contributed by atoms with Gasteiger partial charge in [-0.05, 0) is 48.2 Å². The van der Waals surface area contributed by atoms with Crippen LogP contribution < -0.4 is 0 Å². The largest absolute Gasteiger partial charge is 0.478 e. The number of fused-ring (bicyclic) bond motifs is 1. The molecule has 3 rings (SSSR count). The average Bonchev–Trinajstić information content (AvgIpc) is 2.50. The van der Waals surface area contributed by atoms with E-state index in [1.807, 2.05) is 0 Å². The van der Waals surface area contributed by atoms with E-state index in [-0.39, 0.29) is 22.3 Å². The highest BCUT2D eigenvalue weighted by atomic mass is 35.5. The fourth-order valence-electron chi connectivity index (χ4n) is 3.04. The number of hydrogen-bond donors (Lipinski definition) is 1. The van der Waals surface area contributed by atoms with Crippen molar-refractivity contribution in [3.8, 4) is 0 Å². The number of halogens is 2. The first-order valence-corrected chi connectivity index (χ1v) is 7.85. The van der Waals surface area contributed by atoms with Gasteiger partial charge >= 0.3 is 5.97 Å². The van der Waals surface area contributed by atoms with Gasteiger partial charge in [0, 0.05) is 18.7 Å². The lowest BCUT2D eigenvalue weighted by atomic mass is 9.93. The molecule has 1 heterocycles. The summed E-state index contributed by atoms with van der Waals surface area (Å²) in [6, 6.07) is 7.69. The fraction of sp³-hybridized carbons (Fsp3) is 0.222. The average molecular weight is 348 g/mol. The molecule has 0 saturated carbocycles. The van der Waals surface area contributed by atoms with E-state index in [4.69, 9.17) is 11.6 Å². The molecule has 24 heavy (non-hydrogen) atoms. The zero-order valence-corrected chi connectivity index (χ0v) is 13.7. The summed E-state index contributed by atoms with van der Waals surface area (Å²) in [4.78, 5) is 25.7. The molecule has 0 aromatic heterocycles. The van der Waals surface area contributed by atoms with Crippen LogP contribution in [-0.2, 0) is 13.0 Å². The minimum absolute atomic E-state index is 0.0433. The summed E-state index contributed by atoms with van der Waals surface area (Å²) in [6.07, 6.45) is 0.468. The number of rotatable bonds is 3. The Balaban J connectivity index is 1.95. The van der Waals surface area contributed by atoms with Gasteiger partial charge in [0.2, 0.25) is 0 Å². The number of carbonyl (C=O) groups excluding carboxylic acids is 1. The van der Waals surface area contributed by atoms with Crippen molar-refractivity contribution in [1.29, 1.82) is 0 Å². The number of carbonyl (C=O) groups is 2. The van der Waals surface area contributed by atoms with Crippen molar-refractivity contribution in [2.45, 2.75) is 19.9 Å². The highest BCUT2D eigenvalue weighted by Gasteiger charge is 2.29. The second-order valence-electron chi connectivity index (χ2n) is 5.82. The monoisotopic (exact) mass is 347 g/mol. The summed E-state index contributed by atoms with van der Waals surface area (Å²) in [6.45, 7) is 2.33. The molecule has 0 unspecified atom stereocenters. The standard InChI is InChI=1S/C18H15ClFNO3/c1-10-7-14-13(16(19)15(10)18(23)24)5-6-21(17(14)22)9-11-3-2-4-12(20)8-11/h2-4,7-8H,5-6,9H2,1H3,(H,23,24). The Morgan fingerprint density at radius 2 is 2.12 bits per heavy atom. The van der Waals surface area contributed by atoms with Crippen LogP contribution in [0.15, 0.2) is 30.3 Å². The minimum atomic E-state index is -1.10. The smallest absolute Gasteiger partial charge is 0.337 e. The number of nitrogens with zero attached hydrogens (tertiary/aromatic N) is 1. The quantitative estimate of drug-likeness (QED) is 0.921. The summed E-state index contributed by atoms with van der Waals surface area (Å²) >= 11 is 6.22. The second kappa shape index (κ2) is 6.24. The maximum absolute atomic E-state index is 13.3. The normalized spacial score (nSPS) is 13.8. The molecule has 1 aliphatic heterocycles. The molecule has 0 bridgehead atoms. The SMILES string of the molecule is Cc1cc2c(c(Cl)c1C(=O)O)CCN(Cc1cccc(F)c1)C2=O. The van der Waals surface area contributed by atoms with Crippen molar-refractivity contribution >= 4 is 23.5 Å². The number of amides is 1. The fourth-order valence-corrected chi connectivity index (χ4v) is 3.47. The van der Waals surface area contributed by atoms with Gasteiger partial charge in [0.05, 0.1) is 10.6 Å². The van der Waals surface area contributed by atoms with Crippen LogP contribution in [0.25, 0.3) is 0 Å². The molecule has 0 saturated heterocycles. The molecule has 2 aromatic carbocycles. The molecular weight excluding hydrogens is 333 g/mol. The molecule has 4 nitrogen and oxygen atoms in total. The van der Waals surface area contributed by atoms with Crippen molar-refractivity contribution in [3.63, 3.8) is 0 Å². The molecule has 0 spiro atoms. The van der Waals surface area contributed by atoms with E-state index in [0.717, 1.165) is 0 Å².